The molecule has 0 aliphatic carbocycles. The Morgan fingerprint density at radius 3 is 2.36 bits per heavy atom. The van der Waals surface area contributed by atoms with Crippen LogP contribution in [-0.4, -0.2) is 32.1 Å². The average molecular weight is 360 g/mol. The number of hydrogen-bond acceptors (Lipinski definition) is 4. The number of benzene rings is 1. The number of sulfone groups is 1. The monoisotopic (exact) mass is 360 g/mol. The second kappa shape index (κ2) is 8.25. The third kappa shape index (κ3) is 5.98. The second-order valence-electron chi connectivity index (χ2n) is 6.61. The van der Waals surface area contributed by atoms with Crippen LogP contribution in [0.4, 0.5) is 0 Å². The van der Waals surface area contributed by atoms with Gasteiger partial charge in [-0.3, -0.25) is 9.78 Å². The van der Waals surface area contributed by atoms with Crippen LogP contribution in [0.2, 0.25) is 0 Å². The summed E-state index contributed by atoms with van der Waals surface area (Å²) in [4.78, 5) is 16.5. The zero-order valence-corrected chi connectivity index (χ0v) is 15.6. The van der Waals surface area contributed by atoms with Crippen molar-refractivity contribution in [3.8, 4) is 0 Å². The van der Waals surface area contributed by atoms with Crippen LogP contribution in [0.5, 0.6) is 0 Å². The van der Waals surface area contributed by atoms with Crippen molar-refractivity contribution in [1.82, 2.24) is 10.3 Å². The number of nitrogens with one attached hydrogen (secondary N) is 1. The van der Waals surface area contributed by atoms with E-state index in [4.69, 9.17) is 0 Å². The smallest absolute Gasteiger partial charge is 0.251 e. The summed E-state index contributed by atoms with van der Waals surface area (Å²) >= 11 is 0. The van der Waals surface area contributed by atoms with Gasteiger partial charge < -0.3 is 5.32 Å². The Kier molecular flexibility index (Phi) is 6.31. The van der Waals surface area contributed by atoms with Crippen LogP contribution in [0.1, 0.15) is 41.3 Å². The molecule has 1 aromatic heterocycles. The lowest BCUT2D eigenvalue weighted by molar-refractivity contribution is 0.0949. The van der Waals surface area contributed by atoms with Crippen molar-refractivity contribution in [3.05, 3.63) is 65.5 Å². The molecule has 0 radical (unpaired) electrons. The van der Waals surface area contributed by atoms with Crippen molar-refractivity contribution in [2.45, 2.75) is 25.5 Å². The molecule has 25 heavy (non-hydrogen) atoms. The van der Waals surface area contributed by atoms with Gasteiger partial charge in [-0.05, 0) is 35.2 Å². The highest BCUT2D eigenvalue weighted by Crippen LogP contribution is 2.22. The summed E-state index contributed by atoms with van der Waals surface area (Å²) in [5.74, 6) is 0.356. The van der Waals surface area contributed by atoms with Gasteiger partial charge in [0, 0.05) is 36.7 Å². The highest BCUT2D eigenvalue weighted by atomic mass is 32.2. The van der Waals surface area contributed by atoms with Crippen LogP contribution in [-0.2, 0) is 15.6 Å². The van der Waals surface area contributed by atoms with E-state index in [9.17, 15) is 13.2 Å². The summed E-state index contributed by atoms with van der Waals surface area (Å²) in [6.07, 6.45) is 4.76. The maximum absolute atomic E-state index is 12.4. The molecule has 1 amide bonds. The standard InChI is InChI=1S/C19H24N2O3S/c1-14(2)18(17-5-4-10-20-11-17)12-21-19(22)16-8-6-15(7-9-16)13-25(3,23)24/h4-11,14,18H,12-13H2,1-3H3,(H,21,22). The molecule has 0 spiro atoms. The molecule has 0 aliphatic heterocycles. The number of nitrogens with zero attached hydrogens (tertiary/aromatic N) is 1. The van der Waals surface area contributed by atoms with Gasteiger partial charge in [-0.1, -0.05) is 32.0 Å². The SMILES string of the molecule is CC(C)C(CNC(=O)c1ccc(CS(C)(=O)=O)cc1)c1cccnc1. The van der Waals surface area contributed by atoms with E-state index < -0.39 is 9.84 Å². The minimum absolute atomic E-state index is 0.0225. The largest absolute Gasteiger partial charge is 0.351 e. The Morgan fingerprint density at radius 2 is 1.84 bits per heavy atom. The van der Waals surface area contributed by atoms with E-state index >= 15 is 0 Å². The Morgan fingerprint density at radius 1 is 1.16 bits per heavy atom. The molecule has 0 bridgehead atoms. The van der Waals surface area contributed by atoms with Crippen LogP contribution in [0.25, 0.3) is 0 Å². The van der Waals surface area contributed by atoms with Gasteiger partial charge in [-0.15, -0.1) is 0 Å². The van der Waals surface area contributed by atoms with Gasteiger partial charge in [-0.25, -0.2) is 8.42 Å². The maximum Gasteiger partial charge on any atom is 0.251 e. The number of rotatable bonds is 7. The summed E-state index contributed by atoms with van der Waals surface area (Å²) in [5.41, 5.74) is 2.29. The first kappa shape index (κ1) is 19.1. The molecule has 1 unspecified atom stereocenters. The predicted octanol–water partition coefficient (Wildman–Crippen LogP) is 2.80. The number of hydrogen-bond donors (Lipinski definition) is 1. The fourth-order valence-electron chi connectivity index (χ4n) is 2.69. The normalized spacial score (nSPS) is 12.8. The molecule has 0 saturated heterocycles. The molecule has 0 aliphatic rings. The van der Waals surface area contributed by atoms with Crippen LogP contribution in [0.15, 0.2) is 48.8 Å². The Hall–Kier alpha value is -2.21. The Bertz CT molecular complexity index is 800. The summed E-state index contributed by atoms with van der Waals surface area (Å²) in [6.45, 7) is 4.75. The van der Waals surface area contributed by atoms with E-state index in [2.05, 4.69) is 24.1 Å². The molecular formula is C19H24N2O3S. The highest BCUT2D eigenvalue weighted by molar-refractivity contribution is 7.89. The Labute approximate surface area is 149 Å². The van der Waals surface area contributed by atoms with Crippen molar-refractivity contribution in [2.24, 2.45) is 5.92 Å². The molecule has 1 N–H and O–H groups in total. The van der Waals surface area contributed by atoms with Crippen molar-refractivity contribution in [3.63, 3.8) is 0 Å². The molecule has 6 heteroatoms. The van der Waals surface area contributed by atoms with Crippen molar-refractivity contribution in [1.29, 1.82) is 0 Å². The highest BCUT2D eigenvalue weighted by Gasteiger charge is 2.17. The lowest BCUT2D eigenvalue weighted by atomic mass is 9.89. The van der Waals surface area contributed by atoms with Gasteiger partial charge in [0.25, 0.3) is 5.91 Å². The van der Waals surface area contributed by atoms with Gasteiger partial charge in [0.15, 0.2) is 9.84 Å². The van der Waals surface area contributed by atoms with Gasteiger partial charge in [0.2, 0.25) is 0 Å². The van der Waals surface area contributed by atoms with Crippen molar-refractivity contribution in [2.75, 3.05) is 12.8 Å². The van der Waals surface area contributed by atoms with E-state index in [1.807, 2.05) is 18.3 Å². The van der Waals surface area contributed by atoms with Gasteiger partial charge in [-0.2, -0.15) is 0 Å². The zero-order chi connectivity index (χ0) is 18.4. The fraction of sp³-hybridized carbons (Fsp3) is 0.368. The van der Waals surface area contributed by atoms with Crippen LogP contribution in [0, 0.1) is 5.92 Å². The minimum Gasteiger partial charge on any atom is -0.351 e. The molecular weight excluding hydrogens is 336 g/mol. The minimum atomic E-state index is -3.08. The third-order valence-electron chi connectivity index (χ3n) is 4.04. The summed E-state index contributed by atoms with van der Waals surface area (Å²) in [5, 5.41) is 2.96. The molecule has 2 rings (SSSR count). The predicted molar refractivity (Wildman–Crippen MR) is 99.1 cm³/mol. The molecule has 1 atom stereocenters. The number of carbonyl (C=O) groups excluding carboxylic acids is 1. The maximum atomic E-state index is 12.4. The number of amides is 1. The number of pyridine rings is 1. The molecule has 0 saturated carbocycles. The van der Waals surface area contributed by atoms with Gasteiger partial charge in [0.1, 0.15) is 0 Å². The van der Waals surface area contributed by atoms with Gasteiger partial charge in [0.05, 0.1) is 5.75 Å². The quantitative estimate of drug-likeness (QED) is 0.824. The molecule has 1 aromatic carbocycles. The first-order valence-corrected chi connectivity index (χ1v) is 10.3. The summed E-state index contributed by atoms with van der Waals surface area (Å²) < 4.78 is 22.6. The molecule has 134 valence electrons. The molecule has 0 fully saturated rings. The zero-order valence-electron chi connectivity index (χ0n) is 14.8. The van der Waals surface area contributed by atoms with Crippen LogP contribution in [0.3, 0.4) is 0 Å². The Balaban J connectivity index is 2.01. The average Bonchev–Trinajstić information content (AvgIpc) is 2.54. The summed E-state index contributed by atoms with van der Waals surface area (Å²) in [7, 11) is -3.08. The van der Waals surface area contributed by atoms with Crippen LogP contribution < -0.4 is 5.32 Å². The lowest BCUT2D eigenvalue weighted by Gasteiger charge is -2.21. The van der Waals surface area contributed by atoms with E-state index in [-0.39, 0.29) is 17.6 Å². The van der Waals surface area contributed by atoms with E-state index in [0.717, 1.165) is 5.56 Å². The number of aromatic nitrogens is 1. The van der Waals surface area contributed by atoms with Crippen molar-refractivity contribution < 1.29 is 13.2 Å². The van der Waals surface area contributed by atoms with E-state index in [0.29, 0.717) is 23.6 Å². The lowest BCUT2D eigenvalue weighted by Crippen LogP contribution is -2.30. The third-order valence-corrected chi connectivity index (χ3v) is 4.90. The molecule has 2 aromatic rings. The molecule has 1 heterocycles. The second-order valence-corrected chi connectivity index (χ2v) is 8.75. The van der Waals surface area contributed by atoms with Crippen LogP contribution >= 0.6 is 0 Å². The van der Waals surface area contributed by atoms with Gasteiger partial charge >= 0.3 is 0 Å². The summed E-state index contributed by atoms with van der Waals surface area (Å²) in [6, 6.07) is 10.6. The topological polar surface area (TPSA) is 76.1 Å². The fourth-order valence-corrected chi connectivity index (χ4v) is 3.49. The molecule has 5 nitrogen and oxygen atoms in total. The number of carbonyl (C=O) groups is 1. The first-order valence-electron chi connectivity index (χ1n) is 8.21. The first-order chi connectivity index (χ1) is 11.8. The van der Waals surface area contributed by atoms with Crippen molar-refractivity contribution >= 4 is 15.7 Å². The van der Waals surface area contributed by atoms with E-state index in [1.165, 1.54) is 6.26 Å². The van der Waals surface area contributed by atoms with E-state index in [1.54, 1.807) is 30.5 Å².